The number of carboxylic acid groups (broad SMARTS) is 1. The van der Waals surface area contributed by atoms with Crippen LogP contribution in [0.5, 0.6) is 0 Å². The maximum Gasteiger partial charge on any atom is 0.305 e. The Balaban J connectivity index is 1.72. The van der Waals surface area contributed by atoms with Gasteiger partial charge in [0.2, 0.25) is 5.91 Å². The van der Waals surface area contributed by atoms with E-state index < -0.39 is 59.6 Å². The molecule has 0 bridgehead atoms. The van der Waals surface area contributed by atoms with Crippen LogP contribution in [0.25, 0.3) is 11.1 Å². The Labute approximate surface area is 263 Å². The van der Waals surface area contributed by atoms with Gasteiger partial charge in [0.15, 0.2) is 5.82 Å². The van der Waals surface area contributed by atoms with Crippen LogP contribution in [0.15, 0.2) is 41.3 Å². The first-order chi connectivity index (χ1) is 21.1. The summed E-state index contributed by atoms with van der Waals surface area (Å²) in [6.07, 6.45) is 0.187. The van der Waals surface area contributed by atoms with Gasteiger partial charge in [-0.25, -0.2) is 17.6 Å². The van der Waals surface area contributed by atoms with E-state index in [1.165, 1.54) is 31.3 Å². The maximum absolute atomic E-state index is 15.7. The zero-order chi connectivity index (χ0) is 33.2. The van der Waals surface area contributed by atoms with Gasteiger partial charge in [-0.1, -0.05) is 25.4 Å². The lowest BCUT2D eigenvalue weighted by atomic mass is 9.92. The number of carbonyl (C=O) groups excluding carboxylic acids is 1. The van der Waals surface area contributed by atoms with Crippen LogP contribution in [0, 0.1) is 37.2 Å². The molecule has 4 rings (SSSR count). The van der Waals surface area contributed by atoms with E-state index in [1.54, 1.807) is 20.8 Å². The molecule has 2 unspecified atom stereocenters. The van der Waals surface area contributed by atoms with E-state index in [4.69, 9.17) is 11.6 Å². The van der Waals surface area contributed by atoms with Crippen molar-refractivity contribution in [2.45, 2.75) is 65.2 Å². The van der Waals surface area contributed by atoms with E-state index in [9.17, 15) is 32.7 Å². The Morgan fingerprint density at radius 3 is 2.36 bits per heavy atom. The smallest absolute Gasteiger partial charge is 0.305 e. The normalized spacial score (nSPS) is 15.2. The summed E-state index contributed by atoms with van der Waals surface area (Å²) >= 11 is 6.34. The lowest BCUT2D eigenvalue weighted by molar-refractivity contribution is -0.138. The minimum Gasteiger partial charge on any atom is -0.481 e. The number of alkyl halides is 1. The fraction of sp³-hybridized carbons (Fsp3) is 0.424. The number of halogens is 5. The lowest BCUT2D eigenvalue weighted by Gasteiger charge is -2.34. The minimum absolute atomic E-state index is 0.0696. The van der Waals surface area contributed by atoms with E-state index in [2.05, 4.69) is 5.32 Å². The maximum atomic E-state index is 15.7. The summed E-state index contributed by atoms with van der Waals surface area (Å²) in [6.45, 7) is 7.69. The number of aromatic nitrogens is 1. The first-order valence-corrected chi connectivity index (χ1v) is 15.1. The summed E-state index contributed by atoms with van der Waals surface area (Å²) in [5.74, 6) is -4.65. The third-order valence-electron chi connectivity index (χ3n) is 7.91. The summed E-state index contributed by atoms with van der Waals surface area (Å²) in [7, 11) is 0. The van der Waals surface area contributed by atoms with E-state index in [0.29, 0.717) is 35.2 Å². The molecule has 1 fully saturated rings. The third-order valence-corrected chi connectivity index (χ3v) is 8.21. The molecule has 2 aromatic carbocycles. The predicted octanol–water partition coefficient (Wildman–Crippen LogP) is 6.32. The molecule has 7 nitrogen and oxygen atoms in total. The average Bonchev–Trinajstić information content (AvgIpc) is 2.91. The van der Waals surface area contributed by atoms with Crippen molar-refractivity contribution in [2.75, 3.05) is 19.6 Å². The van der Waals surface area contributed by atoms with Gasteiger partial charge in [0.1, 0.15) is 23.8 Å². The zero-order valence-electron chi connectivity index (χ0n) is 25.5. The standard InChI is InChI=1S/C33H36ClF4N3O4/c1-17(2)7-28(41-14-20(10-26(37)33(41)45)5-6-40-15-23(36)16-40)32(44)39-27(13-29(42)43)24-11-21(8-19(4)31(24)38)30-18(3)9-22(35)12-25(30)34/h8-12,14,17,23,27-28H,5-7,13,15-16H2,1-4H3,(H,39,44)(H,42,43). The molecule has 2 N–H and O–H groups in total. The number of rotatable bonds is 12. The van der Waals surface area contributed by atoms with Gasteiger partial charge >= 0.3 is 5.97 Å². The van der Waals surface area contributed by atoms with Crippen LogP contribution in [0.1, 0.15) is 61.0 Å². The third kappa shape index (κ3) is 8.12. The van der Waals surface area contributed by atoms with E-state index >= 15 is 4.39 Å². The van der Waals surface area contributed by atoms with Crippen LogP contribution in [-0.4, -0.2) is 52.3 Å². The molecule has 1 saturated heterocycles. The number of aliphatic carboxylic acids is 1. The Morgan fingerprint density at radius 1 is 1.07 bits per heavy atom. The van der Waals surface area contributed by atoms with Gasteiger partial charge in [0.05, 0.1) is 17.5 Å². The molecule has 45 heavy (non-hydrogen) atoms. The van der Waals surface area contributed by atoms with Gasteiger partial charge in [0.25, 0.3) is 5.56 Å². The first-order valence-electron chi connectivity index (χ1n) is 14.7. The number of aryl methyl sites for hydroxylation is 2. The van der Waals surface area contributed by atoms with E-state index in [1.807, 2.05) is 4.90 Å². The predicted molar refractivity (Wildman–Crippen MR) is 164 cm³/mol. The first kappa shape index (κ1) is 34.2. The van der Waals surface area contributed by atoms with Crippen LogP contribution in [0.3, 0.4) is 0 Å². The quantitative estimate of drug-likeness (QED) is 0.224. The van der Waals surface area contributed by atoms with Crippen LogP contribution >= 0.6 is 11.6 Å². The second-order valence-corrected chi connectivity index (χ2v) is 12.5. The summed E-state index contributed by atoms with van der Waals surface area (Å²) in [4.78, 5) is 40.6. The molecule has 12 heteroatoms. The molecule has 0 radical (unpaired) electrons. The fourth-order valence-electron chi connectivity index (χ4n) is 5.70. The number of hydrogen-bond donors (Lipinski definition) is 2. The Bertz CT molecular complexity index is 1630. The molecule has 3 aromatic rings. The number of carbonyl (C=O) groups is 2. The number of likely N-dealkylation sites (tertiary alicyclic amines) is 1. The monoisotopic (exact) mass is 649 g/mol. The molecule has 1 aromatic heterocycles. The number of hydrogen-bond acceptors (Lipinski definition) is 4. The van der Waals surface area contributed by atoms with Crippen molar-refractivity contribution in [3.05, 3.63) is 91.6 Å². The number of carboxylic acids is 1. The van der Waals surface area contributed by atoms with Gasteiger partial charge in [-0.15, -0.1) is 0 Å². The average molecular weight is 650 g/mol. The summed E-state index contributed by atoms with van der Waals surface area (Å²) in [5.41, 5.74) is 0.663. The van der Waals surface area contributed by atoms with Crippen molar-refractivity contribution >= 4 is 23.5 Å². The van der Waals surface area contributed by atoms with Crippen molar-refractivity contribution in [2.24, 2.45) is 5.92 Å². The van der Waals surface area contributed by atoms with Crippen molar-refractivity contribution in [1.82, 2.24) is 14.8 Å². The minimum atomic E-state index is -1.38. The second-order valence-electron chi connectivity index (χ2n) is 12.1. The highest BCUT2D eigenvalue weighted by molar-refractivity contribution is 6.33. The van der Waals surface area contributed by atoms with Crippen molar-refractivity contribution in [1.29, 1.82) is 0 Å². The van der Waals surface area contributed by atoms with Crippen LogP contribution in [-0.2, 0) is 16.0 Å². The fourth-order valence-corrected chi connectivity index (χ4v) is 6.07. The number of nitrogens with zero attached hydrogens (tertiary/aromatic N) is 2. The molecule has 2 heterocycles. The van der Waals surface area contributed by atoms with Crippen LogP contribution in [0.4, 0.5) is 17.6 Å². The van der Waals surface area contributed by atoms with Gasteiger partial charge in [-0.05, 0) is 85.2 Å². The van der Waals surface area contributed by atoms with Crippen molar-refractivity contribution < 1.29 is 32.3 Å². The van der Waals surface area contributed by atoms with Gasteiger partial charge in [-0.2, -0.15) is 0 Å². The van der Waals surface area contributed by atoms with Crippen molar-refractivity contribution in [3.8, 4) is 11.1 Å². The second kappa shape index (κ2) is 14.2. The molecule has 2 atom stereocenters. The zero-order valence-corrected chi connectivity index (χ0v) is 26.2. The summed E-state index contributed by atoms with van der Waals surface area (Å²) in [6, 6.07) is 3.70. The number of benzene rings is 2. The Morgan fingerprint density at radius 2 is 1.76 bits per heavy atom. The molecular weight excluding hydrogens is 614 g/mol. The Hall–Kier alpha value is -3.70. The Kier molecular flexibility index (Phi) is 10.8. The highest BCUT2D eigenvalue weighted by Gasteiger charge is 2.30. The molecule has 242 valence electrons. The van der Waals surface area contributed by atoms with Crippen LogP contribution in [0.2, 0.25) is 5.02 Å². The molecule has 0 saturated carbocycles. The van der Waals surface area contributed by atoms with Gasteiger partial charge in [-0.3, -0.25) is 19.3 Å². The molecule has 1 amide bonds. The number of amides is 1. The SMILES string of the molecule is Cc1cc(-c2c(C)cc(F)cc2Cl)cc(C(CC(=O)O)NC(=O)C(CC(C)C)n2cc(CCN3CC(F)C3)cc(F)c2=O)c1F. The summed E-state index contributed by atoms with van der Waals surface area (Å²) in [5, 5.41) is 12.4. The van der Waals surface area contributed by atoms with Crippen molar-refractivity contribution in [3.63, 3.8) is 0 Å². The topological polar surface area (TPSA) is 91.6 Å². The highest BCUT2D eigenvalue weighted by Crippen LogP contribution is 2.36. The van der Waals surface area contributed by atoms with E-state index in [0.717, 1.165) is 16.7 Å². The van der Waals surface area contributed by atoms with Gasteiger partial charge < -0.3 is 15.0 Å². The summed E-state index contributed by atoms with van der Waals surface area (Å²) < 4.78 is 58.7. The number of pyridine rings is 1. The largest absolute Gasteiger partial charge is 0.481 e. The lowest BCUT2D eigenvalue weighted by Crippen LogP contribution is -2.49. The molecule has 1 aliphatic heterocycles. The molecule has 0 spiro atoms. The molecule has 1 aliphatic rings. The highest BCUT2D eigenvalue weighted by atomic mass is 35.5. The van der Waals surface area contributed by atoms with Gasteiger partial charge in [0, 0.05) is 37.0 Å². The molecular formula is C33H36ClF4N3O4. The number of nitrogens with one attached hydrogen (secondary N) is 1. The molecule has 0 aliphatic carbocycles. The van der Waals surface area contributed by atoms with Crippen LogP contribution < -0.4 is 10.9 Å². The van der Waals surface area contributed by atoms with E-state index in [-0.39, 0.29) is 41.6 Å².